The fraction of sp³-hybridized carbons (Fsp3) is 0.375. The first-order chi connectivity index (χ1) is 9.78. The minimum Gasteiger partial charge on any atom is -0.313 e. The van der Waals surface area contributed by atoms with Gasteiger partial charge in [0.25, 0.3) is 0 Å². The van der Waals surface area contributed by atoms with Crippen LogP contribution in [-0.2, 0) is 6.42 Å². The van der Waals surface area contributed by atoms with Gasteiger partial charge < -0.3 is 5.32 Å². The summed E-state index contributed by atoms with van der Waals surface area (Å²) < 4.78 is 0. The summed E-state index contributed by atoms with van der Waals surface area (Å²) in [5.41, 5.74) is 3.40. The van der Waals surface area contributed by atoms with Gasteiger partial charge in [-0.1, -0.05) is 30.2 Å². The Balaban J connectivity index is 2.02. The highest BCUT2D eigenvalue weighted by molar-refractivity contribution is 6.30. The first kappa shape index (κ1) is 13.5. The lowest BCUT2D eigenvalue weighted by Gasteiger charge is -2.16. The summed E-state index contributed by atoms with van der Waals surface area (Å²) in [5.74, 6) is 0.767. The highest BCUT2D eigenvalue weighted by atomic mass is 35.5. The second-order valence-corrected chi connectivity index (χ2v) is 5.63. The molecule has 4 heteroatoms. The Hall–Kier alpha value is -1.45. The summed E-state index contributed by atoms with van der Waals surface area (Å²) in [5, 5.41) is 4.08. The van der Waals surface area contributed by atoms with E-state index < -0.39 is 0 Å². The van der Waals surface area contributed by atoms with Gasteiger partial charge in [-0.2, -0.15) is 0 Å². The van der Waals surface area contributed by atoms with Crippen LogP contribution in [0.1, 0.15) is 36.6 Å². The van der Waals surface area contributed by atoms with Crippen molar-refractivity contribution in [3.05, 3.63) is 46.7 Å². The van der Waals surface area contributed by atoms with Gasteiger partial charge in [0.1, 0.15) is 0 Å². The quantitative estimate of drug-likeness (QED) is 0.854. The van der Waals surface area contributed by atoms with Crippen LogP contribution in [-0.4, -0.2) is 17.0 Å². The third kappa shape index (κ3) is 2.69. The zero-order valence-electron chi connectivity index (χ0n) is 11.6. The van der Waals surface area contributed by atoms with Crippen molar-refractivity contribution in [3.8, 4) is 11.4 Å². The minimum atomic E-state index is 0.376. The smallest absolute Gasteiger partial charge is 0.159 e. The van der Waals surface area contributed by atoms with E-state index in [0.29, 0.717) is 11.1 Å². The molecule has 1 aliphatic carbocycles. The third-order valence-electron chi connectivity index (χ3n) is 3.86. The van der Waals surface area contributed by atoms with Crippen LogP contribution in [0.5, 0.6) is 0 Å². The number of halogens is 1. The fourth-order valence-corrected chi connectivity index (χ4v) is 2.97. The molecule has 0 amide bonds. The molecule has 0 saturated carbocycles. The van der Waals surface area contributed by atoms with E-state index in [1.54, 1.807) is 0 Å². The number of nitrogens with one attached hydrogen (secondary N) is 1. The average Bonchev–Trinajstić information content (AvgIpc) is 2.68. The Morgan fingerprint density at radius 2 is 2.20 bits per heavy atom. The van der Waals surface area contributed by atoms with Gasteiger partial charge in [0.2, 0.25) is 0 Å². The Morgan fingerprint density at radius 1 is 1.30 bits per heavy atom. The van der Waals surface area contributed by atoms with Gasteiger partial charge in [-0.25, -0.2) is 9.97 Å². The van der Waals surface area contributed by atoms with Crippen molar-refractivity contribution in [2.45, 2.75) is 31.7 Å². The maximum atomic E-state index is 6.04. The topological polar surface area (TPSA) is 37.8 Å². The standard InChI is InChI=1S/C16H18ClN3/c1-18-14-7-2-3-8-15-13(14)10-19-16(20-15)11-5-4-6-12(17)9-11/h4-6,9-10,14,18H,2-3,7-8H2,1H3. The lowest BCUT2D eigenvalue weighted by molar-refractivity contribution is 0.532. The van der Waals surface area contributed by atoms with E-state index in [2.05, 4.69) is 10.3 Å². The van der Waals surface area contributed by atoms with Gasteiger partial charge in [0, 0.05) is 34.1 Å². The van der Waals surface area contributed by atoms with E-state index in [9.17, 15) is 0 Å². The molecule has 0 spiro atoms. The van der Waals surface area contributed by atoms with Crippen molar-refractivity contribution in [1.29, 1.82) is 0 Å². The zero-order valence-corrected chi connectivity index (χ0v) is 12.3. The molecule has 1 aliphatic rings. The van der Waals surface area contributed by atoms with E-state index in [4.69, 9.17) is 16.6 Å². The first-order valence-electron chi connectivity index (χ1n) is 7.07. The van der Waals surface area contributed by atoms with Crippen LogP contribution in [0.25, 0.3) is 11.4 Å². The van der Waals surface area contributed by atoms with Gasteiger partial charge in [0.15, 0.2) is 5.82 Å². The molecule has 0 bridgehead atoms. The van der Waals surface area contributed by atoms with Crippen molar-refractivity contribution in [3.63, 3.8) is 0 Å². The molecule has 0 radical (unpaired) electrons. The summed E-state index contributed by atoms with van der Waals surface area (Å²) in [6, 6.07) is 8.09. The molecular formula is C16H18ClN3. The number of hydrogen-bond acceptors (Lipinski definition) is 3. The van der Waals surface area contributed by atoms with Crippen molar-refractivity contribution in [1.82, 2.24) is 15.3 Å². The van der Waals surface area contributed by atoms with Crippen molar-refractivity contribution < 1.29 is 0 Å². The number of rotatable bonds is 2. The second-order valence-electron chi connectivity index (χ2n) is 5.19. The summed E-state index contributed by atoms with van der Waals surface area (Å²) in [4.78, 5) is 9.31. The molecule has 0 saturated heterocycles. The predicted molar refractivity (Wildman–Crippen MR) is 81.8 cm³/mol. The monoisotopic (exact) mass is 287 g/mol. The van der Waals surface area contributed by atoms with E-state index in [0.717, 1.165) is 24.2 Å². The van der Waals surface area contributed by atoms with Gasteiger partial charge in [-0.3, -0.25) is 0 Å². The van der Waals surface area contributed by atoms with E-state index in [1.165, 1.54) is 24.1 Å². The summed E-state index contributed by atoms with van der Waals surface area (Å²) in [6.07, 6.45) is 6.59. The van der Waals surface area contributed by atoms with E-state index in [1.807, 2.05) is 37.5 Å². The number of nitrogens with zero attached hydrogens (tertiary/aromatic N) is 2. The van der Waals surface area contributed by atoms with Gasteiger partial charge >= 0.3 is 0 Å². The highest BCUT2D eigenvalue weighted by Crippen LogP contribution is 2.28. The third-order valence-corrected chi connectivity index (χ3v) is 4.10. The number of fused-ring (bicyclic) bond motifs is 1. The Kier molecular flexibility index (Phi) is 3.99. The molecule has 0 fully saturated rings. The minimum absolute atomic E-state index is 0.376. The van der Waals surface area contributed by atoms with E-state index >= 15 is 0 Å². The van der Waals surface area contributed by atoms with E-state index in [-0.39, 0.29) is 0 Å². The number of aryl methyl sites for hydroxylation is 1. The van der Waals surface area contributed by atoms with Crippen LogP contribution in [0.4, 0.5) is 0 Å². The summed E-state index contributed by atoms with van der Waals surface area (Å²) >= 11 is 6.04. The van der Waals surface area contributed by atoms with Crippen LogP contribution < -0.4 is 5.32 Å². The average molecular weight is 288 g/mol. The summed E-state index contributed by atoms with van der Waals surface area (Å²) in [7, 11) is 2.00. The molecule has 0 aliphatic heterocycles. The molecule has 2 aromatic rings. The number of hydrogen-bond donors (Lipinski definition) is 1. The van der Waals surface area contributed by atoms with Crippen LogP contribution >= 0.6 is 11.6 Å². The Labute approximate surface area is 124 Å². The molecule has 1 aromatic carbocycles. The molecule has 104 valence electrons. The molecular weight excluding hydrogens is 270 g/mol. The van der Waals surface area contributed by atoms with Gasteiger partial charge in [-0.05, 0) is 38.4 Å². The van der Waals surface area contributed by atoms with Gasteiger partial charge in [0.05, 0.1) is 0 Å². The highest BCUT2D eigenvalue weighted by Gasteiger charge is 2.19. The molecule has 3 nitrogen and oxygen atoms in total. The second kappa shape index (κ2) is 5.90. The predicted octanol–water partition coefficient (Wildman–Crippen LogP) is 3.78. The largest absolute Gasteiger partial charge is 0.313 e. The van der Waals surface area contributed by atoms with Crippen LogP contribution in [0.15, 0.2) is 30.5 Å². The van der Waals surface area contributed by atoms with Crippen LogP contribution in [0, 0.1) is 0 Å². The SMILES string of the molecule is CNC1CCCCc2nc(-c3cccc(Cl)c3)ncc21. The molecule has 1 aromatic heterocycles. The lowest BCUT2D eigenvalue weighted by atomic mass is 10.0. The van der Waals surface area contributed by atoms with Crippen molar-refractivity contribution in [2.75, 3.05) is 7.05 Å². The van der Waals surface area contributed by atoms with Crippen LogP contribution in [0.3, 0.4) is 0 Å². The molecule has 3 rings (SSSR count). The maximum absolute atomic E-state index is 6.04. The molecule has 1 atom stereocenters. The Bertz CT molecular complexity index is 612. The van der Waals surface area contributed by atoms with Gasteiger partial charge in [-0.15, -0.1) is 0 Å². The molecule has 20 heavy (non-hydrogen) atoms. The van der Waals surface area contributed by atoms with Crippen molar-refractivity contribution >= 4 is 11.6 Å². The lowest BCUT2D eigenvalue weighted by Crippen LogP contribution is -2.17. The maximum Gasteiger partial charge on any atom is 0.159 e. The fourth-order valence-electron chi connectivity index (χ4n) is 2.78. The number of benzene rings is 1. The van der Waals surface area contributed by atoms with Crippen LogP contribution in [0.2, 0.25) is 5.02 Å². The summed E-state index contributed by atoms with van der Waals surface area (Å²) in [6.45, 7) is 0. The molecule has 1 N–H and O–H groups in total. The number of aromatic nitrogens is 2. The Morgan fingerprint density at radius 3 is 3.00 bits per heavy atom. The molecule has 1 heterocycles. The zero-order chi connectivity index (χ0) is 13.9. The van der Waals surface area contributed by atoms with Crippen molar-refractivity contribution in [2.24, 2.45) is 0 Å². The first-order valence-corrected chi connectivity index (χ1v) is 7.45. The normalized spacial score (nSPS) is 18.4. The molecule has 1 unspecified atom stereocenters.